The molecule has 0 aromatic rings. The topological polar surface area (TPSA) is 0 Å². The Morgan fingerprint density at radius 2 is 1.27 bits per heavy atom. The van der Waals surface area contributed by atoms with E-state index in [-0.39, 0.29) is 0 Å². The van der Waals surface area contributed by atoms with Crippen molar-refractivity contribution >= 4 is 0 Å². The van der Waals surface area contributed by atoms with Crippen LogP contribution in [0.5, 0.6) is 0 Å². The highest BCUT2D eigenvalue weighted by Gasteiger charge is 2.29. The molecule has 0 aromatic carbocycles. The van der Waals surface area contributed by atoms with Gasteiger partial charge in [-0.05, 0) is 36.5 Å². The van der Waals surface area contributed by atoms with E-state index in [0.717, 1.165) is 23.7 Å². The molecule has 88 valence electrons. The summed E-state index contributed by atoms with van der Waals surface area (Å²) < 4.78 is 0. The van der Waals surface area contributed by atoms with Gasteiger partial charge in [-0.3, -0.25) is 0 Å². The van der Waals surface area contributed by atoms with Crippen LogP contribution in [0, 0.1) is 23.7 Å². The lowest BCUT2D eigenvalue weighted by atomic mass is 9.69. The van der Waals surface area contributed by atoms with Gasteiger partial charge in [-0.15, -0.1) is 0 Å². The van der Waals surface area contributed by atoms with Gasteiger partial charge in [0.1, 0.15) is 0 Å². The molecule has 0 saturated heterocycles. The second kappa shape index (κ2) is 5.37. The molecule has 0 heteroatoms. The van der Waals surface area contributed by atoms with Gasteiger partial charge >= 0.3 is 0 Å². The summed E-state index contributed by atoms with van der Waals surface area (Å²) in [6.45, 7) is 4.98. The largest absolute Gasteiger partial charge is 0.0625 e. The first kappa shape index (κ1) is 11.5. The van der Waals surface area contributed by atoms with Crippen molar-refractivity contribution in [2.75, 3.05) is 0 Å². The van der Waals surface area contributed by atoms with Gasteiger partial charge in [-0.1, -0.05) is 58.8 Å². The SMILES string of the molecule is CC1CCC(C(C)C2CCCCC2)CC1. The quantitative estimate of drug-likeness (QED) is 0.597. The number of hydrogen-bond acceptors (Lipinski definition) is 0. The van der Waals surface area contributed by atoms with Crippen molar-refractivity contribution in [2.45, 2.75) is 71.6 Å². The minimum Gasteiger partial charge on any atom is -0.0625 e. The predicted octanol–water partition coefficient (Wildman–Crippen LogP) is 5.03. The van der Waals surface area contributed by atoms with Crippen LogP contribution in [-0.2, 0) is 0 Å². The Hall–Kier alpha value is 0. The fraction of sp³-hybridized carbons (Fsp3) is 1.00. The van der Waals surface area contributed by atoms with Crippen LogP contribution in [0.4, 0.5) is 0 Å². The zero-order chi connectivity index (χ0) is 10.7. The van der Waals surface area contributed by atoms with Crippen LogP contribution < -0.4 is 0 Å². The molecule has 0 spiro atoms. The molecular weight excluding hydrogens is 180 g/mol. The monoisotopic (exact) mass is 208 g/mol. The molecule has 0 bridgehead atoms. The standard InChI is InChI=1S/C15H28/c1-12-8-10-15(11-9-12)13(2)14-6-4-3-5-7-14/h12-15H,3-11H2,1-2H3. The Balaban J connectivity index is 1.81. The van der Waals surface area contributed by atoms with Gasteiger partial charge in [-0.2, -0.15) is 0 Å². The summed E-state index contributed by atoms with van der Waals surface area (Å²) in [7, 11) is 0. The zero-order valence-corrected chi connectivity index (χ0v) is 10.7. The van der Waals surface area contributed by atoms with Crippen LogP contribution in [0.25, 0.3) is 0 Å². The van der Waals surface area contributed by atoms with E-state index >= 15 is 0 Å². The zero-order valence-electron chi connectivity index (χ0n) is 10.7. The van der Waals surface area contributed by atoms with Crippen molar-refractivity contribution in [3.05, 3.63) is 0 Å². The Bertz CT molecular complexity index is 170. The van der Waals surface area contributed by atoms with E-state index in [1.807, 2.05) is 0 Å². The van der Waals surface area contributed by atoms with Crippen molar-refractivity contribution < 1.29 is 0 Å². The number of hydrogen-bond donors (Lipinski definition) is 0. The average Bonchev–Trinajstić information content (AvgIpc) is 2.30. The lowest BCUT2D eigenvalue weighted by molar-refractivity contribution is 0.143. The van der Waals surface area contributed by atoms with Crippen LogP contribution in [0.3, 0.4) is 0 Å². The molecule has 15 heavy (non-hydrogen) atoms. The molecule has 1 atom stereocenters. The summed E-state index contributed by atoms with van der Waals surface area (Å²) in [5.74, 6) is 4.19. The summed E-state index contributed by atoms with van der Waals surface area (Å²) >= 11 is 0. The van der Waals surface area contributed by atoms with Crippen LogP contribution in [-0.4, -0.2) is 0 Å². The van der Waals surface area contributed by atoms with Crippen LogP contribution >= 0.6 is 0 Å². The summed E-state index contributed by atoms with van der Waals surface area (Å²) in [6, 6.07) is 0. The summed E-state index contributed by atoms with van der Waals surface area (Å²) in [4.78, 5) is 0. The maximum Gasteiger partial charge on any atom is -0.0386 e. The highest BCUT2D eigenvalue weighted by Crippen LogP contribution is 2.40. The minimum absolute atomic E-state index is 1.01. The first-order valence-corrected chi connectivity index (χ1v) is 7.27. The van der Waals surface area contributed by atoms with Gasteiger partial charge in [0.15, 0.2) is 0 Å². The van der Waals surface area contributed by atoms with Gasteiger partial charge in [0.05, 0.1) is 0 Å². The van der Waals surface area contributed by atoms with Gasteiger partial charge in [0.2, 0.25) is 0 Å². The molecule has 0 aromatic heterocycles. The van der Waals surface area contributed by atoms with Gasteiger partial charge < -0.3 is 0 Å². The maximum absolute atomic E-state index is 2.55. The molecule has 2 fully saturated rings. The Kier molecular flexibility index (Phi) is 4.11. The molecule has 2 aliphatic rings. The molecule has 2 rings (SSSR count). The third-order valence-corrected chi connectivity index (χ3v) is 5.20. The Morgan fingerprint density at radius 1 is 0.733 bits per heavy atom. The molecule has 0 nitrogen and oxygen atoms in total. The third kappa shape index (κ3) is 2.98. The minimum atomic E-state index is 1.01. The lowest BCUT2D eigenvalue weighted by Crippen LogP contribution is -2.26. The second-order valence-corrected chi connectivity index (χ2v) is 6.28. The summed E-state index contributed by atoms with van der Waals surface area (Å²) in [6.07, 6.45) is 13.7. The van der Waals surface area contributed by atoms with Crippen LogP contribution in [0.1, 0.15) is 71.6 Å². The maximum atomic E-state index is 2.55. The van der Waals surface area contributed by atoms with E-state index in [9.17, 15) is 0 Å². The van der Waals surface area contributed by atoms with E-state index in [1.54, 1.807) is 0 Å². The molecule has 0 aliphatic heterocycles. The van der Waals surface area contributed by atoms with Crippen molar-refractivity contribution in [3.8, 4) is 0 Å². The summed E-state index contributed by atoms with van der Waals surface area (Å²) in [5, 5.41) is 0. The first-order valence-electron chi connectivity index (χ1n) is 7.27. The highest BCUT2D eigenvalue weighted by molar-refractivity contribution is 4.80. The first-order chi connectivity index (χ1) is 7.27. The average molecular weight is 208 g/mol. The molecule has 0 amide bonds. The summed E-state index contributed by atoms with van der Waals surface area (Å²) in [5.41, 5.74) is 0. The molecule has 2 saturated carbocycles. The van der Waals surface area contributed by atoms with E-state index in [0.29, 0.717) is 0 Å². The third-order valence-electron chi connectivity index (χ3n) is 5.20. The highest BCUT2D eigenvalue weighted by atomic mass is 14.3. The fourth-order valence-electron chi connectivity index (χ4n) is 3.86. The Morgan fingerprint density at radius 3 is 1.87 bits per heavy atom. The van der Waals surface area contributed by atoms with E-state index in [1.165, 1.54) is 57.8 Å². The van der Waals surface area contributed by atoms with Crippen molar-refractivity contribution in [3.63, 3.8) is 0 Å². The van der Waals surface area contributed by atoms with Crippen LogP contribution in [0.15, 0.2) is 0 Å². The second-order valence-electron chi connectivity index (χ2n) is 6.28. The van der Waals surface area contributed by atoms with E-state index in [4.69, 9.17) is 0 Å². The smallest absolute Gasteiger partial charge is 0.0386 e. The lowest BCUT2D eigenvalue weighted by Gasteiger charge is -2.37. The van der Waals surface area contributed by atoms with Gasteiger partial charge in [0.25, 0.3) is 0 Å². The van der Waals surface area contributed by atoms with Crippen LogP contribution in [0.2, 0.25) is 0 Å². The van der Waals surface area contributed by atoms with Crippen molar-refractivity contribution in [1.82, 2.24) is 0 Å². The number of rotatable bonds is 2. The van der Waals surface area contributed by atoms with Gasteiger partial charge in [-0.25, -0.2) is 0 Å². The fourth-order valence-corrected chi connectivity index (χ4v) is 3.86. The normalized spacial score (nSPS) is 36.4. The van der Waals surface area contributed by atoms with Crippen molar-refractivity contribution in [1.29, 1.82) is 0 Å². The molecule has 0 radical (unpaired) electrons. The Labute approximate surface area is 95.8 Å². The van der Waals surface area contributed by atoms with E-state index in [2.05, 4.69) is 13.8 Å². The molecular formula is C15H28. The molecule has 2 aliphatic carbocycles. The van der Waals surface area contributed by atoms with Gasteiger partial charge in [0, 0.05) is 0 Å². The molecule has 0 N–H and O–H groups in total. The predicted molar refractivity (Wildman–Crippen MR) is 66.9 cm³/mol. The van der Waals surface area contributed by atoms with E-state index < -0.39 is 0 Å². The molecule has 0 heterocycles. The van der Waals surface area contributed by atoms with Crippen molar-refractivity contribution in [2.24, 2.45) is 23.7 Å². The molecule has 1 unspecified atom stereocenters.